The third kappa shape index (κ3) is 6.42. The van der Waals surface area contributed by atoms with Crippen LogP contribution >= 0.6 is 12.4 Å². The first-order valence-electron chi connectivity index (χ1n) is 7.25. The van der Waals surface area contributed by atoms with E-state index >= 15 is 0 Å². The standard InChI is InChI=1S/C13H17FN2O4.ClH/c1-15-5-6-16-12(17)8-20-11-4-3-9(14)7-10(11)13(18)19-2;/h3-4,7,15H,5-6,8H2,1-2H3,(H,16,17);1H/i1D3;. The second-order valence-electron chi connectivity index (χ2n) is 3.70. The van der Waals surface area contributed by atoms with E-state index in [1.54, 1.807) is 0 Å². The van der Waals surface area contributed by atoms with Crippen molar-refractivity contribution in [1.82, 2.24) is 10.6 Å². The Morgan fingerprint density at radius 2 is 2.14 bits per heavy atom. The molecule has 0 atom stereocenters. The van der Waals surface area contributed by atoms with E-state index in [1.165, 1.54) is 6.07 Å². The normalized spacial score (nSPS) is 12.2. The summed E-state index contributed by atoms with van der Waals surface area (Å²) in [6, 6.07) is 3.24. The number of nitrogens with one attached hydrogen (secondary N) is 2. The predicted octanol–water partition coefficient (Wildman–Crippen LogP) is 0.748. The summed E-state index contributed by atoms with van der Waals surface area (Å²) in [6.07, 6.45) is 0. The number of carbonyl (C=O) groups is 2. The summed E-state index contributed by atoms with van der Waals surface area (Å²) in [4.78, 5) is 23.1. The molecule has 0 aromatic heterocycles. The Kier molecular flexibility index (Phi) is 6.68. The minimum atomic E-state index is -2.27. The molecule has 1 aromatic carbocycles. The molecule has 1 rings (SSSR count). The Balaban J connectivity index is 0.00000529. The zero-order valence-corrected chi connectivity index (χ0v) is 12.1. The Hall–Kier alpha value is -1.86. The number of methoxy groups -OCH3 is 1. The van der Waals surface area contributed by atoms with Crippen molar-refractivity contribution in [1.29, 1.82) is 0 Å². The van der Waals surface area contributed by atoms with Gasteiger partial charge >= 0.3 is 5.97 Å². The molecule has 6 nitrogen and oxygen atoms in total. The van der Waals surface area contributed by atoms with Crippen molar-refractivity contribution in [3.05, 3.63) is 29.6 Å². The summed E-state index contributed by atoms with van der Waals surface area (Å²) in [5, 5.41) is 4.66. The molecule has 0 aliphatic heterocycles. The van der Waals surface area contributed by atoms with Gasteiger partial charge in [0.1, 0.15) is 17.1 Å². The van der Waals surface area contributed by atoms with Gasteiger partial charge in [0.15, 0.2) is 6.61 Å². The lowest BCUT2D eigenvalue weighted by atomic mass is 10.2. The largest absolute Gasteiger partial charge is 0.483 e. The maximum absolute atomic E-state index is 13.1. The molecule has 0 fully saturated rings. The van der Waals surface area contributed by atoms with E-state index in [1.807, 2.05) is 0 Å². The van der Waals surface area contributed by atoms with Crippen LogP contribution in [0.1, 0.15) is 14.5 Å². The van der Waals surface area contributed by atoms with Crippen LogP contribution in [0.4, 0.5) is 4.39 Å². The van der Waals surface area contributed by atoms with Crippen molar-refractivity contribution in [2.75, 3.05) is 33.8 Å². The van der Waals surface area contributed by atoms with Gasteiger partial charge in [-0.2, -0.15) is 0 Å². The van der Waals surface area contributed by atoms with Crippen LogP contribution in [0, 0.1) is 5.82 Å². The number of benzene rings is 1. The van der Waals surface area contributed by atoms with Crippen molar-refractivity contribution in [3.8, 4) is 5.75 Å². The van der Waals surface area contributed by atoms with E-state index in [0.29, 0.717) is 0 Å². The van der Waals surface area contributed by atoms with Gasteiger partial charge in [-0.3, -0.25) is 4.79 Å². The Morgan fingerprint density at radius 1 is 1.38 bits per heavy atom. The zero-order chi connectivity index (χ0) is 17.5. The zero-order valence-electron chi connectivity index (χ0n) is 14.3. The number of hydrogen-bond acceptors (Lipinski definition) is 5. The number of likely N-dealkylation sites (N-methyl/N-ethyl adjacent to an activating group) is 1. The third-order valence-electron chi connectivity index (χ3n) is 2.28. The fourth-order valence-electron chi connectivity index (χ4n) is 1.36. The van der Waals surface area contributed by atoms with Gasteiger partial charge in [-0.25, -0.2) is 9.18 Å². The third-order valence-corrected chi connectivity index (χ3v) is 2.28. The fraction of sp³-hybridized carbons (Fsp3) is 0.385. The molecule has 0 radical (unpaired) electrons. The molecule has 8 heteroatoms. The van der Waals surface area contributed by atoms with Crippen LogP contribution in [0.3, 0.4) is 0 Å². The Bertz CT molecular complexity index is 573. The highest BCUT2D eigenvalue weighted by Gasteiger charge is 2.15. The molecule has 1 amide bonds. The number of rotatable bonds is 7. The van der Waals surface area contributed by atoms with Gasteiger partial charge < -0.3 is 20.1 Å². The number of carbonyl (C=O) groups excluding carboxylic acids is 2. The first-order valence-corrected chi connectivity index (χ1v) is 5.75. The molecule has 0 aliphatic carbocycles. The van der Waals surface area contributed by atoms with Crippen LogP contribution in [0.5, 0.6) is 5.75 Å². The van der Waals surface area contributed by atoms with Crippen molar-refractivity contribution < 1.29 is 27.6 Å². The monoisotopic (exact) mass is 323 g/mol. The van der Waals surface area contributed by atoms with Crippen LogP contribution in [-0.4, -0.2) is 45.7 Å². The van der Waals surface area contributed by atoms with Crippen molar-refractivity contribution in [3.63, 3.8) is 0 Å². The van der Waals surface area contributed by atoms with E-state index in [2.05, 4.69) is 15.4 Å². The molecule has 1 aromatic rings. The Morgan fingerprint density at radius 3 is 2.81 bits per heavy atom. The van der Waals surface area contributed by atoms with Gasteiger partial charge in [-0.1, -0.05) is 0 Å². The number of esters is 1. The SMILES string of the molecule is Cl.[2H]C([2H])([2H])NCCNC(=O)COc1ccc(F)cc1C(=O)OC. The molecule has 0 saturated carbocycles. The lowest BCUT2D eigenvalue weighted by Crippen LogP contribution is -2.34. The fourth-order valence-corrected chi connectivity index (χ4v) is 1.36. The molecule has 21 heavy (non-hydrogen) atoms. The first-order chi connectivity index (χ1) is 10.7. The number of halogens is 2. The van der Waals surface area contributed by atoms with E-state index in [4.69, 9.17) is 8.85 Å². The first kappa shape index (κ1) is 14.1. The summed E-state index contributed by atoms with van der Waals surface area (Å²) in [7, 11) is 1.14. The van der Waals surface area contributed by atoms with Gasteiger partial charge in [-0.15, -0.1) is 12.4 Å². The van der Waals surface area contributed by atoms with Crippen LogP contribution in [0.15, 0.2) is 18.2 Å². The molecule has 2 N–H and O–H groups in total. The molecule has 0 saturated heterocycles. The molecule has 0 unspecified atom stereocenters. The maximum atomic E-state index is 13.1. The van der Waals surface area contributed by atoms with Crippen molar-refractivity contribution in [2.45, 2.75) is 0 Å². The lowest BCUT2D eigenvalue weighted by molar-refractivity contribution is -0.123. The van der Waals surface area contributed by atoms with Gasteiger partial charge in [0.25, 0.3) is 5.91 Å². The summed E-state index contributed by atoms with van der Waals surface area (Å²) >= 11 is 0. The second-order valence-corrected chi connectivity index (χ2v) is 3.70. The summed E-state index contributed by atoms with van der Waals surface area (Å²) in [6.45, 7) is -2.53. The molecule has 0 bridgehead atoms. The molecule has 0 spiro atoms. The van der Waals surface area contributed by atoms with Crippen LogP contribution in [0.25, 0.3) is 0 Å². The predicted molar refractivity (Wildman–Crippen MR) is 77.4 cm³/mol. The van der Waals surface area contributed by atoms with Crippen molar-refractivity contribution >= 4 is 24.3 Å². The van der Waals surface area contributed by atoms with Crippen molar-refractivity contribution in [2.24, 2.45) is 0 Å². The molecular formula is C13H18ClFN2O4. The average molecular weight is 324 g/mol. The highest BCUT2D eigenvalue weighted by atomic mass is 35.5. The highest BCUT2D eigenvalue weighted by molar-refractivity contribution is 5.92. The highest BCUT2D eigenvalue weighted by Crippen LogP contribution is 2.20. The number of hydrogen-bond donors (Lipinski definition) is 2. The van der Waals surface area contributed by atoms with Gasteiger partial charge in [0.2, 0.25) is 0 Å². The number of amides is 1. The summed E-state index contributed by atoms with van der Waals surface area (Å²) < 4.78 is 43.6. The van der Waals surface area contributed by atoms with Crippen LogP contribution in [0.2, 0.25) is 0 Å². The van der Waals surface area contributed by atoms with E-state index in [0.717, 1.165) is 19.2 Å². The molecular weight excluding hydrogens is 303 g/mol. The topological polar surface area (TPSA) is 76.7 Å². The summed E-state index contributed by atoms with van der Waals surface area (Å²) in [5.41, 5.74) is -0.135. The van der Waals surface area contributed by atoms with Crippen LogP contribution in [-0.2, 0) is 9.53 Å². The van der Waals surface area contributed by atoms with Gasteiger partial charge in [0, 0.05) is 17.2 Å². The lowest BCUT2D eigenvalue weighted by Gasteiger charge is -2.10. The number of ether oxygens (including phenoxy) is 2. The quantitative estimate of drug-likeness (QED) is 0.572. The van der Waals surface area contributed by atoms with E-state index < -0.39 is 31.3 Å². The summed E-state index contributed by atoms with van der Waals surface area (Å²) in [5.74, 6) is -1.94. The molecule has 0 aliphatic rings. The van der Waals surface area contributed by atoms with Gasteiger partial charge in [0.05, 0.1) is 7.11 Å². The van der Waals surface area contributed by atoms with Crippen LogP contribution < -0.4 is 15.4 Å². The second kappa shape index (κ2) is 9.95. The minimum absolute atomic E-state index is 0. The van der Waals surface area contributed by atoms with E-state index in [-0.39, 0.29) is 36.8 Å². The maximum Gasteiger partial charge on any atom is 0.341 e. The minimum Gasteiger partial charge on any atom is -0.483 e. The van der Waals surface area contributed by atoms with E-state index in [9.17, 15) is 14.0 Å². The smallest absolute Gasteiger partial charge is 0.341 e. The molecule has 118 valence electrons. The average Bonchev–Trinajstić information content (AvgIpc) is 2.48. The molecule has 0 heterocycles. The van der Waals surface area contributed by atoms with Gasteiger partial charge in [-0.05, 0) is 25.2 Å². The Labute approximate surface area is 132 Å².